The molecule has 26 heavy (non-hydrogen) atoms. The summed E-state index contributed by atoms with van der Waals surface area (Å²) in [5.74, 6) is 1.93. The summed E-state index contributed by atoms with van der Waals surface area (Å²) >= 11 is 6.16. The van der Waals surface area contributed by atoms with Crippen molar-refractivity contribution in [2.24, 2.45) is 0 Å². The van der Waals surface area contributed by atoms with Gasteiger partial charge in [-0.05, 0) is 73.6 Å². The molecule has 1 unspecified atom stereocenters. The second-order valence-corrected chi connectivity index (χ2v) is 7.59. The molecule has 0 aromatic heterocycles. The zero-order chi connectivity index (χ0) is 18.8. The van der Waals surface area contributed by atoms with Crippen molar-refractivity contribution in [1.29, 1.82) is 0 Å². The minimum absolute atomic E-state index is 0.302. The van der Waals surface area contributed by atoms with Gasteiger partial charge in [-0.2, -0.15) is 0 Å². The number of benzene rings is 2. The fourth-order valence-corrected chi connectivity index (χ4v) is 3.24. The number of fused-ring (bicyclic) bond motifs is 1. The molecule has 0 aliphatic rings. The standard InChI is InChI=1S/C23H33ClO2/c1-4-6-8-15-25-21-12-13-22-18(3)23(14-11-19(22)17-21)26-16-9-7-10-20(24)5-2/h11-14,17,20H,4-10,15-16H2,1-3H3. The van der Waals surface area contributed by atoms with Crippen LogP contribution in [0.15, 0.2) is 30.3 Å². The lowest BCUT2D eigenvalue weighted by molar-refractivity contribution is 0.303. The van der Waals surface area contributed by atoms with Gasteiger partial charge in [-0.15, -0.1) is 11.6 Å². The summed E-state index contributed by atoms with van der Waals surface area (Å²) in [5.41, 5.74) is 1.20. The summed E-state index contributed by atoms with van der Waals surface area (Å²) in [6, 6.07) is 10.5. The zero-order valence-electron chi connectivity index (χ0n) is 16.5. The van der Waals surface area contributed by atoms with E-state index in [-0.39, 0.29) is 0 Å². The Morgan fingerprint density at radius 2 is 1.69 bits per heavy atom. The van der Waals surface area contributed by atoms with Crippen LogP contribution in [0, 0.1) is 6.92 Å². The third-order valence-electron chi connectivity index (χ3n) is 4.84. The molecule has 0 aliphatic carbocycles. The molecule has 0 bridgehead atoms. The molecule has 0 fully saturated rings. The molecule has 0 radical (unpaired) electrons. The highest BCUT2D eigenvalue weighted by Crippen LogP contribution is 2.30. The van der Waals surface area contributed by atoms with Crippen LogP contribution in [0.3, 0.4) is 0 Å². The van der Waals surface area contributed by atoms with Crippen LogP contribution in [-0.4, -0.2) is 18.6 Å². The van der Waals surface area contributed by atoms with Crippen LogP contribution < -0.4 is 9.47 Å². The van der Waals surface area contributed by atoms with Gasteiger partial charge in [0.2, 0.25) is 0 Å². The molecule has 0 saturated carbocycles. The summed E-state index contributed by atoms with van der Waals surface area (Å²) in [6.45, 7) is 8.01. The molecule has 0 spiro atoms. The van der Waals surface area contributed by atoms with Crippen molar-refractivity contribution in [2.45, 2.75) is 71.1 Å². The average molecular weight is 377 g/mol. The molecule has 0 heterocycles. The molecule has 0 saturated heterocycles. The molecule has 2 aromatic carbocycles. The molecule has 0 amide bonds. The van der Waals surface area contributed by atoms with Crippen molar-refractivity contribution in [1.82, 2.24) is 0 Å². The summed E-state index contributed by atoms with van der Waals surface area (Å²) in [7, 11) is 0. The first-order chi connectivity index (χ1) is 12.7. The third kappa shape index (κ3) is 6.39. The van der Waals surface area contributed by atoms with Crippen LogP contribution in [-0.2, 0) is 0 Å². The van der Waals surface area contributed by atoms with E-state index in [1.54, 1.807) is 0 Å². The predicted octanol–water partition coefficient (Wildman–Crippen LogP) is 7.28. The highest BCUT2D eigenvalue weighted by Gasteiger charge is 2.07. The van der Waals surface area contributed by atoms with Crippen molar-refractivity contribution in [3.05, 3.63) is 35.9 Å². The summed E-state index contributed by atoms with van der Waals surface area (Å²) < 4.78 is 11.9. The fraction of sp³-hybridized carbons (Fsp3) is 0.565. The Bertz CT molecular complexity index is 669. The second-order valence-electron chi connectivity index (χ2n) is 6.98. The SMILES string of the molecule is CCCCCOc1ccc2c(C)c(OCCCCC(Cl)CC)ccc2c1. The van der Waals surface area contributed by atoms with E-state index in [0.29, 0.717) is 5.38 Å². The van der Waals surface area contributed by atoms with Crippen molar-refractivity contribution >= 4 is 22.4 Å². The first-order valence-electron chi connectivity index (χ1n) is 10.1. The summed E-state index contributed by atoms with van der Waals surface area (Å²) in [4.78, 5) is 0. The van der Waals surface area contributed by atoms with Gasteiger partial charge in [-0.25, -0.2) is 0 Å². The Hall–Kier alpha value is -1.41. The van der Waals surface area contributed by atoms with Gasteiger partial charge in [0.05, 0.1) is 13.2 Å². The van der Waals surface area contributed by atoms with Gasteiger partial charge in [-0.1, -0.05) is 38.8 Å². The Morgan fingerprint density at radius 3 is 2.46 bits per heavy atom. The second kappa shape index (κ2) is 11.3. The van der Waals surface area contributed by atoms with E-state index in [9.17, 15) is 0 Å². The van der Waals surface area contributed by atoms with Crippen LogP contribution in [0.4, 0.5) is 0 Å². The monoisotopic (exact) mass is 376 g/mol. The molecule has 0 aliphatic heterocycles. The first-order valence-corrected chi connectivity index (χ1v) is 10.5. The molecule has 144 valence electrons. The number of unbranched alkanes of at least 4 members (excludes halogenated alkanes) is 3. The van der Waals surface area contributed by atoms with E-state index in [0.717, 1.165) is 56.8 Å². The van der Waals surface area contributed by atoms with E-state index < -0.39 is 0 Å². The molecule has 2 rings (SSSR count). The van der Waals surface area contributed by atoms with Crippen LogP contribution in [0.25, 0.3) is 10.8 Å². The van der Waals surface area contributed by atoms with Gasteiger partial charge in [0, 0.05) is 5.38 Å². The Morgan fingerprint density at radius 1 is 0.923 bits per heavy atom. The molecule has 3 heteroatoms. The minimum atomic E-state index is 0.302. The number of rotatable bonds is 12. The number of hydrogen-bond acceptors (Lipinski definition) is 2. The van der Waals surface area contributed by atoms with E-state index in [1.165, 1.54) is 29.2 Å². The van der Waals surface area contributed by atoms with Gasteiger partial charge in [0.1, 0.15) is 11.5 Å². The van der Waals surface area contributed by atoms with Gasteiger partial charge in [0.25, 0.3) is 0 Å². The zero-order valence-corrected chi connectivity index (χ0v) is 17.3. The Kier molecular flexibility index (Phi) is 9.11. The predicted molar refractivity (Wildman–Crippen MR) is 113 cm³/mol. The molecule has 2 nitrogen and oxygen atoms in total. The quantitative estimate of drug-likeness (QED) is 0.286. The Labute approximate surface area is 163 Å². The smallest absolute Gasteiger partial charge is 0.122 e. The molecule has 1 atom stereocenters. The van der Waals surface area contributed by atoms with Crippen molar-refractivity contribution in [3.8, 4) is 11.5 Å². The van der Waals surface area contributed by atoms with E-state index >= 15 is 0 Å². The number of alkyl halides is 1. The van der Waals surface area contributed by atoms with E-state index in [2.05, 4.69) is 51.1 Å². The first kappa shape index (κ1) is 20.9. The Balaban J connectivity index is 1.90. The topological polar surface area (TPSA) is 18.5 Å². The van der Waals surface area contributed by atoms with Crippen molar-refractivity contribution < 1.29 is 9.47 Å². The minimum Gasteiger partial charge on any atom is -0.494 e. The molecular weight excluding hydrogens is 344 g/mol. The molecular formula is C23H33ClO2. The highest BCUT2D eigenvalue weighted by atomic mass is 35.5. The van der Waals surface area contributed by atoms with Crippen LogP contribution >= 0.6 is 11.6 Å². The number of halogens is 1. The number of hydrogen-bond donors (Lipinski definition) is 0. The normalized spacial score (nSPS) is 12.3. The third-order valence-corrected chi connectivity index (χ3v) is 5.37. The number of aryl methyl sites for hydroxylation is 1. The molecule has 2 aromatic rings. The van der Waals surface area contributed by atoms with Crippen LogP contribution in [0.5, 0.6) is 11.5 Å². The van der Waals surface area contributed by atoms with Crippen molar-refractivity contribution in [2.75, 3.05) is 13.2 Å². The largest absolute Gasteiger partial charge is 0.494 e. The van der Waals surface area contributed by atoms with Crippen LogP contribution in [0.2, 0.25) is 0 Å². The van der Waals surface area contributed by atoms with Crippen LogP contribution in [0.1, 0.15) is 64.4 Å². The van der Waals surface area contributed by atoms with E-state index in [4.69, 9.17) is 21.1 Å². The van der Waals surface area contributed by atoms with E-state index in [1.807, 2.05) is 0 Å². The fourth-order valence-electron chi connectivity index (χ4n) is 3.09. The lowest BCUT2D eigenvalue weighted by Crippen LogP contribution is -2.02. The lowest BCUT2D eigenvalue weighted by atomic mass is 10.0. The maximum Gasteiger partial charge on any atom is 0.122 e. The maximum atomic E-state index is 6.16. The maximum absolute atomic E-state index is 6.16. The summed E-state index contributed by atoms with van der Waals surface area (Å²) in [5, 5.41) is 2.74. The molecule has 0 N–H and O–H groups in total. The summed E-state index contributed by atoms with van der Waals surface area (Å²) in [6.07, 6.45) is 7.82. The number of ether oxygens (including phenoxy) is 2. The van der Waals surface area contributed by atoms with Gasteiger partial charge < -0.3 is 9.47 Å². The van der Waals surface area contributed by atoms with Gasteiger partial charge in [-0.3, -0.25) is 0 Å². The lowest BCUT2D eigenvalue weighted by Gasteiger charge is -2.13. The van der Waals surface area contributed by atoms with Crippen molar-refractivity contribution in [3.63, 3.8) is 0 Å². The van der Waals surface area contributed by atoms with Gasteiger partial charge in [0.15, 0.2) is 0 Å². The highest BCUT2D eigenvalue weighted by molar-refractivity contribution is 6.20. The average Bonchev–Trinajstić information content (AvgIpc) is 2.66. The van der Waals surface area contributed by atoms with Gasteiger partial charge >= 0.3 is 0 Å².